The molecule has 0 aliphatic rings. The molecule has 4 heteroatoms. The van der Waals surface area contributed by atoms with E-state index in [-0.39, 0.29) is 10.3 Å². The van der Waals surface area contributed by atoms with Crippen molar-refractivity contribution in [3.63, 3.8) is 0 Å². The molecular weight excluding hydrogens is 280 g/mol. The Kier molecular flexibility index (Phi) is 4.31. The molecule has 0 heterocycles. The Labute approximate surface area is 101 Å². The van der Waals surface area contributed by atoms with Crippen LogP contribution >= 0.6 is 27.5 Å². The number of nitriles is 1. The Bertz CT molecular complexity index is 448. The zero-order chi connectivity index (χ0) is 11.4. The molecule has 0 bridgehead atoms. The van der Waals surface area contributed by atoms with Gasteiger partial charge in [0.05, 0.1) is 15.6 Å². The Balaban J connectivity index is 3.35. The number of hydrogen-bond donors (Lipinski definition) is 0. The molecule has 0 aromatic heterocycles. The van der Waals surface area contributed by atoms with Crippen LogP contribution in [0.15, 0.2) is 28.2 Å². The second-order valence-electron chi connectivity index (χ2n) is 2.86. The van der Waals surface area contributed by atoms with Crippen molar-refractivity contribution >= 4 is 32.6 Å². The first-order valence-corrected chi connectivity index (χ1v) is 5.52. The summed E-state index contributed by atoms with van der Waals surface area (Å²) in [5.41, 5.74) is 0.957. The second kappa shape index (κ2) is 5.29. The molecule has 0 spiro atoms. The van der Waals surface area contributed by atoms with E-state index in [9.17, 15) is 4.39 Å². The van der Waals surface area contributed by atoms with Gasteiger partial charge >= 0.3 is 0 Å². The molecule has 0 atom stereocenters. The lowest BCUT2D eigenvalue weighted by Gasteiger charge is -2.05. The lowest BCUT2D eigenvalue weighted by molar-refractivity contribution is 0.620. The van der Waals surface area contributed by atoms with Crippen molar-refractivity contribution < 1.29 is 4.39 Å². The fraction of sp³-hybridized carbons (Fsp3) is 0.182. The highest BCUT2D eigenvalue weighted by molar-refractivity contribution is 9.10. The van der Waals surface area contributed by atoms with Crippen molar-refractivity contribution in [1.29, 1.82) is 5.26 Å². The molecule has 0 fully saturated rings. The van der Waals surface area contributed by atoms with Gasteiger partial charge in [-0.15, -0.1) is 0 Å². The van der Waals surface area contributed by atoms with Crippen molar-refractivity contribution in [2.75, 3.05) is 0 Å². The summed E-state index contributed by atoms with van der Waals surface area (Å²) in [5, 5.41) is 9.11. The van der Waals surface area contributed by atoms with E-state index in [1.54, 1.807) is 12.1 Å². The Morgan fingerprint density at radius 3 is 2.80 bits per heavy atom. The van der Waals surface area contributed by atoms with E-state index >= 15 is 0 Å². The monoisotopic (exact) mass is 287 g/mol. The molecule has 15 heavy (non-hydrogen) atoms. The molecule has 0 aliphatic carbocycles. The van der Waals surface area contributed by atoms with E-state index in [1.165, 1.54) is 6.07 Å². The second-order valence-corrected chi connectivity index (χ2v) is 4.03. The summed E-state index contributed by atoms with van der Waals surface area (Å²) in [6.45, 7) is 1.83. The van der Waals surface area contributed by atoms with Gasteiger partial charge in [-0.05, 0) is 28.4 Å². The fourth-order valence-corrected chi connectivity index (χ4v) is 2.03. The third-order valence-corrected chi connectivity index (χ3v) is 3.18. The number of rotatable bonds is 2. The van der Waals surface area contributed by atoms with Gasteiger partial charge in [-0.3, -0.25) is 0 Å². The van der Waals surface area contributed by atoms with Crippen LogP contribution in [0.1, 0.15) is 18.9 Å². The third kappa shape index (κ3) is 2.58. The summed E-state index contributed by atoms with van der Waals surface area (Å²) in [6, 6.07) is 6.56. The maximum absolute atomic E-state index is 13.2. The summed E-state index contributed by atoms with van der Waals surface area (Å²) < 4.78 is 13.5. The summed E-state index contributed by atoms with van der Waals surface area (Å²) in [5.74, 6) is -0.390. The first-order valence-electron chi connectivity index (χ1n) is 4.35. The fourth-order valence-electron chi connectivity index (χ4n) is 1.12. The average molecular weight is 289 g/mol. The summed E-state index contributed by atoms with van der Waals surface area (Å²) in [4.78, 5) is 0. The molecule has 1 aromatic carbocycles. The first-order chi connectivity index (χ1) is 7.11. The molecule has 0 radical (unpaired) electrons. The van der Waals surface area contributed by atoms with Crippen LogP contribution in [-0.2, 0) is 0 Å². The Hall–Kier alpha value is -0.850. The van der Waals surface area contributed by atoms with Crippen molar-refractivity contribution in [1.82, 2.24) is 0 Å². The van der Waals surface area contributed by atoms with Crippen LogP contribution in [0.4, 0.5) is 4.39 Å². The first kappa shape index (κ1) is 12.2. The van der Waals surface area contributed by atoms with Gasteiger partial charge in [-0.25, -0.2) is 4.39 Å². The van der Waals surface area contributed by atoms with E-state index < -0.39 is 0 Å². The van der Waals surface area contributed by atoms with Gasteiger partial charge in [0.2, 0.25) is 0 Å². The minimum absolute atomic E-state index is 0.288. The summed E-state index contributed by atoms with van der Waals surface area (Å²) in [6.07, 6.45) is 0.526. The van der Waals surface area contributed by atoms with Crippen LogP contribution < -0.4 is 0 Å². The molecule has 78 valence electrons. The van der Waals surface area contributed by atoms with Gasteiger partial charge in [-0.1, -0.05) is 30.7 Å². The standard InChI is InChI=1S/C11H8BrClFN/c1-2-7(6-15)11(13)8-4-3-5-9(14)10(8)12/h3-5H,2H2,1H3/b11-7-. The molecule has 1 nitrogen and oxygen atoms in total. The Morgan fingerprint density at radius 1 is 1.60 bits per heavy atom. The molecule has 1 aromatic rings. The lowest BCUT2D eigenvalue weighted by Crippen LogP contribution is -1.88. The van der Waals surface area contributed by atoms with Crippen LogP contribution in [0, 0.1) is 17.1 Å². The van der Waals surface area contributed by atoms with Gasteiger partial charge in [-0.2, -0.15) is 5.26 Å². The minimum atomic E-state index is -0.390. The Morgan fingerprint density at radius 2 is 2.27 bits per heavy atom. The highest BCUT2D eigenvalue weighted by Crippen LogP contribution is 2.32. The maximum Gasteiger partial charge on any atom is 0.138 e. The van der Waals surface area contributed by atoms with Crippen molar-refractivity contribution in [3.05, 3.63) is 39.6 Å². The molecule has 1 rings (SSSR count). The molecule has 0 amide bonds. The van der Waals surface area contributed by atoms with Gasteiger partial charge < -0.3 is 0 Å². The van der Waals surface area contributed by atoms with Gasteiger partial charge in [0, 0.05) is 11.1 Å². The number of hydrogen-bond acceptors (Lipinski definition) is 1. The average Bonchev–Trinajstić information content (AvgIpc) is 2.23. The highest BCUT2D eigenvalue weighted by atomic mass is 79.9. The SMILES string of the molecule is CC/C(C#N)=C(/Cl)c1cccc(F)c1Br. The van der Waals surface area contributed by atoms with E-state index in [0.29, 0.717) is 22.6 Å². The van der Waals surface area contributed by atoms with Crippen molar-refractivity contribution in [2.45, 2.75) is 13.3 Å². The quantitative estimate of drug-likeness (QED) is 0.737. The largest absolute Gasteiger partial charge is 0.206 e. The number of benzene rings is 1. The number of nitrogens with zero attached hydrogens (tertiary/aromatic N) is 1. The molecule has 0 unspecified atom stereocenters. The van der Waals surface area contributed by atoms with Crippen LogP contribution in [0.5, 0.6) is 0 Å². The molecule has 0 saturated carbocycles. The number of halogens is 3. The van der Waals surface area contributed by atoms with Gasteiger partial charge in [0.15, 0.2) is 0 Å². The van der Waals surface area contributed by atoms with Gasteiger partial charge in [0.1, 0.15) is 5.82 Å². The minimum Gasteiger partial charge on any atom is -0.206 e. The zero-order valence-electron chi connectivity index (χ0n) is 8.02. The van der Waals surface area contributed by atoms with Crippen LogP contribution in [-0.4, -0.2) is 0 Å². The smallest absolute Gasteiger partial charge is 0.138 e. The molecule has 0 N–H and O–H groups in total. The van der Waals surface area contributed by atoms with E-state index in [2.05, 4.69) is 15.9 Å². The van der Waals surface area contributed by atoms with Crippen molar-refractivity contribution in [3.8, 4) is 6.07 Å². The van der Waals surface area contributed by atoms with Crippen molar-refractivity contribution in [2.24, 2.45) is 0 Å². The van der Waals surface area contributed by atoms with E-state index in [0.717, 1.165) is 0 Å². The molecule has 0 aliphatic heterocycles. The molecule has 0 saturated heterocycles. The topological polar surface area (TPSA) is 23.8 Å². The zero-order valence-corrected chi connectivity index (χ0v) is 10.4. The van der Waals surface area contributed by atoms with Gasteiger partial charge in [0.25, 0.3) is 0 Å². The highest BCUT2D eigenvalue weighted by Gasteiger charge is 2.11. The maximum atomic E-state index is 13.2. The third-order valence-electron chi connectivity index (χ3n) is 1.94. The van der Waals surface area contributed by atoms with Crippen LogP contribution in [0.3, 0.4) is 0 Å². The van der Waals surface area contributed by atoms with E-state index in [1.807, 2.05) is 13.0 Å². The molecular formula is C11H8BrClFN. The number of allylic oxidation sites excluding steroid dienone is 1. The predicted molar refractivity (Wildman–Crippen MR) is 62.8 cm³/mol. The summed E-state index contributed by atoms with van der Waals surface area (Å²) in [7, 11) is 0. The van der Waals surface area contributed by atoms with Crippen LogP contribution in [0.2, 0.25) is 0 Å². The predicted octanol–water partition coefficient (Wildman–Crippen LogP) is 4.47. The lowest BCUT2D eigenvalue weighted by atomic mass is 10.1. The van der Waals surface area contributed by atoms with E-state index in [4.69, 9.17) is 16.9 Å². The van der Waals surface area contributed by atoms with Crippen LogP contribution in [0.25, 0.3) is 5.03 Å². The normalized spacial score (nSPS) is 11.9. The summed E-state index contributed by atoms with van der Waals surface area (Å²) >= 11 is 9.11.